The molecule has 0 saturated carbocycles. The fraction of sp³-hybridized carbons (Fsp3) is 0. The molecule has 0 fully saturated rings. The maximum Gasteiger partial charge on any atom is 0.246 e. The van der Waals surface area contributed by atoms with E-state index in [1.54, 1.807) is 36.4 Å². The van der Waals surface area contributed by atoms with Crippen molar-refractivity contribution in [3.05, 3.63) is 83.8 Å². The lowest BCUT2D eigenvalue weighted by Crippen LogP contribution is -2.03. The topological polar surface area (TPSA) is 73.1 Å². The van der Waals surface area contributed by atoms with E-state index < -0.39 is 0 Å². The Labute approximate surface area is 120 Å². The molecule has 3 rings (SSSR count). The third kappa shape index (κ3) is 2.62. The van der Waals surface area contributed by atoms with Crippen LogP contribution < -0.4 is 0 Å². The van der Waals surface area contributed by atoms with Crippen LogP contribution in [0.5, 0.6) is 0 Å². The average Bonchev–Trinajstić information content (AvgIpc) is 3.05. The fourth-order valence-corrected chi connectivity index (χ4v) is 1.83. The van der Waals surface area contributed by atoms with Crippen LogP contribution in [-0.4, -0.2) is 21.5 Å². The lowest BCUT2D eigenvalue weighted by atomic mass is 10.2. The number of rotatable bonds is 4. The maximum absolute atomic E-state index is 12.1. The number of carbonyl (C=O) groups excluding carboxylic acids is 2. The number of hydrogen-bond acceptors (Lipinski definition) is 5. The van der Waals surface area contributed by atoms with E-state index in [4.69, 9.17) is 4.42 Å². The highest BCUT2D eigenvalue weighted by atomic mass is 16.4. The lowest BCUT2D eigenvalue weighted by Gasteiger charge is -1.97. The molecule has 0 atom stereocenters. The third-order valence-electron chi connectivity index (χ3n) is 2.85. The molecule has 0 radical (unpaired) electrons. The normalized spacial score (nSPS) is 10.3. The van der Waals surface area contributed by atoms with Crippen molar-refractivity contribution in [2.75, 3.05) is 0 Å². The molecule has 5 heteroatoms. The lowest BCUT2D eigenvalue weighted by molar-refractivity contribution is 0.0981. The van der Waals surface area contributed by atoms with E-state index in [0.29, 0.717) is 0 Å². The third-order valence-corrected chi connectivity index (χ3v) is 2.85. The predicted octanol–water partition coefficient (Wildman–Crippen LogP) is 2.53. The van der Waals surface area contributed by atoms with Crippen LogP contribution in [0.1, 0.15) is 32.5 Å². The van der Waals surface area contributed by atoms with Crippen molar-refractivity contribution in [1.82, 2.24) is 9.97 Å². The van der Waals surface area contributed by atoms with Gasteiger partial charge in [-0.05, 0) is 36.4 Å². The minimum Gasteiger partial charge on any atom is -0.449 e. The van der Waals surface area contributed by atoms with Gasteiger partial charge in [-0.3, -0.25) is 19.6 Å². The summed E-state index contributed by atoms with van der Waals surface area (Å²) in [7, 11) is 0. The van der Waals surface area contributed by atoms with Gasteiger partial charge in [-0.1, -0.05) is 12.1 Å². The number of hydrogen-bond donors (Lipinski definition) is 0. The van der Waals surface area contributed by atoms with Gasteiger partial charge in [-0.15, -0.1) is 0 Å². The molecular formula is C16H10N2O3. The molecule has 0 amide bonds. The zero-order valence-electron chi connectivity index (χ0n) is 10.9. The number of ketones is 2. The Morgan fingerprint density at radius 3 is 1.57 bits per heavy atom. The van der Waals surface area contributed by atoms with E-state index in [9.17, 15) is 9.59 Å². The van der Waals surface area contributed by atoms with Crippen molar-refractivity contribution in [3.63, 3.8) is 0 Å². The molecule has 0 bridgehead atoms. The van der Waals surface area contributed by atoms with Crippen molar-refractivity contribution in [3.8, 4) is 0 Å². The molecule has 0 aliphatic carbocycles. The average molecular weight is 278 g/mol. The summed E-state index contributed by atoms with van der Waals surface area (Å²) < 4.78 is 5.34. The first-order chi connectivity index (χ1) is 10.3. The van der Waals surface area contributed by atoms with Gasteiger partial charge in [0.25, 0.3) is 0 Å². The standard InChI is InChI=1S/C16H10N2O3/c19-15(11-5-1-3-9-17-11)13-7-8-14(21-13)16(20)12-6-2-4-10-18-12/h1-10H. The van der Waals surface area contributed by atoms with Gasteiger partial charge in [-0.25, -0.2) is 0 Å². The highest BCUT2D eigenvalue weighted by Crippen LogP contribution is 2.15. The molecule has 5 nitrogen and oxygen atoms in total. The Bertz CT molecular complexity index is 714. The van der Waals surface area contributed by atoms with Crippen LogP contribution in [0.25, 0.3) is 0 Å². The summed E-state index contributed by atoms with van der Waals surface area (Å²) in [6, 6.07) is 13.0. The van der Waals surface area contributed by atoms with Crippen LogP contribution in [0, 0.1) is 0 Å². The first-order valence-electron chi connectivity index (χ1n) is 6.27. The highest BCUT2D eigenvalue weighted by molar-refractivity contribution is 6.09. The van der Waals surface area contributed by atoms with Crippen LogP contribution in [-0.2, 0) is 0 Å². The highest BCUT2D eigenvalue weighted by Gasteiger charge is 2.19. The summed E-state index contributed by atoms with van der Waals surface area (Å²) in [6.07, 6.45) is 3.05. The molecule has 102 valence electrons. The number of furan rings is 1. The first-order valence-corrected chi connectivity index (χ1v) is 6.27. The van der Waals surface area contributed by atoms with E-state index >= 15 is 0 Å². The summed E-state index contributed by atoms with van der Waals surface area (Å²) in [5.74, 6) is -0.577. The van der Waals surface area contributed by atoms with E-state index in [1.807, 2.05) is 0 Å². The Kier molecular flexibility index (Phi) is 3.39. The predicted molar refractivity (Wildman–Crippen MR) is 74.0 cm³/mol. The molecule has 0 aromatic carbocycles. The number of carbonyl (C=O) groups is 2. The quantitative estimate of drug-likeness (QED) is 0.686. The van der Waals surface area contributed by atoms with Gasteiger partial charge in [0, 0.05) is 12.4 Å². The molecule has 0 unspecified atom stereocenters. The van der Waals surface area contributed by atoms with Crippen molar-refractivity contribution in [2.45, 2.75) is 0 Å². The van der Waals surface area contributed by atoms with Crippen LogP contribution in [0.2, 0.25) is 0 Å². The van der Waals surface area contributed by atoms with Crippen molar-refractivity contribution >= 4 is 11.6 Å². The molecule has 0 aliphatic heterocycles. The Hall–Kier alpha value is -3.08. The SMILES string of the molecule is O=C(c1ccccn1)c1ccc(C(=O)c2ccccn2)o1. The van der Waals surface area contributed by atoms with E-state index in [0.717, 1.165) is 0 Å². The summed E-state index contributed by atoms with van der Waals surface area (Å²) in [5.41, 5.74) is 0.535. The van der Waals surface area contributed by atoms with Gasteiger partial charge in [0.05, 0.1) is 0 Å². The van der Waals surface area contributed by atoms with Gasteiger partial charge in [0.15, 0.2) is 11.5 Å². The molecule has 0 spiro atoms. The van der Waals surface area contributed by atoms with E-state index in [1.165, 1.54) is 24.5 Å². The van der Waals surface area contributed by atoms with Gasteiger partial charge in [-0.2, -0.15) is 0 Å². The summed E-state index contributed by atoms with van der Waals surface area (Å²) in [4.78, 5) is 32.2. The van der Waals surface area contributed by atoms with Crippen LogP contribution in [0.3, 0.4) is 0 Å². The first kappa shape index (κ1) is 12.9. The molecule has 3 aromatic rings. The van der Waals surface area contributed by atoms with Crippen molar-refractivity contribution < 1.29 is 14.0 Å². The molecule has 0 saturated heterocycles. The second-order valence-electron chi connectivity index (χ2n) is 4.25. The molecule has 3 heterocycles. The molecular weight excluding hydrogens is 268 g/mol. The monoisotopic (exact) mass is 278 g/mol. The van der Waals surface area contributed by atoms with Crippen molar-refractivity contribution in [2.24, 2.45) is 0 Å². The number of pyridine rings is 2. The number of nitrogens with zero attached hydrogens (tertiary/aromatic N) is 2. The maximum atomic E-state index is 12.1. The van der Waals surface area contributed by atoms with Gasteiger partial charge in [0.2, 0.25) is 11.6 Å². The second kappa shape index (κ2) is 5.50. The van der Waals surface area contributed by atoms with Gasteiger partial charge >= 0.3 is 0 Å². The fourth-order valence-electron chi connectivity index (χ4n) is 1.83. The van der Waals surface area contributed by atoms with Crippen molar-refractivity contribution in [1.29, 1.82) is 0 Å². The molecule has 3 aromatic heterocycles. The van der Waals surface area contributed by atoms with Gasteiger partial charge < -0.3 is 4.42 Å². The van der Waals surface area contributed by atoms with Crippen LogP contribution in [0.4, 0.5) is 0 Å². The van der Waals surface area contributed by atoms with Gasteiger partial charge in [0.1, 0.15) is 11.4 Å². The Morgan fingerprint density at radius 2 is 1.19 bits per heavy atom. The smallest absolute Gasteiger partial charge is 0.246 e. The van der Waals surface area contributed by atoms with Crippen LogP contribution >= 0.6 is 0 Å². The zero-order chi connectivity index (χ0) is 14.7. The molecule has 0 N–H and O–H groups in total. The van der Waals surface area contributed by atoms with Crippen LogP contribution in [0.15, 0.2) is 65.3 Å². The summed E-state index contributed by atoms with van der Waals surface area (Å²) in [6.45, 7) is 0. The number of aromatic nitrogens is 2. The molecule has 21 heavy (non-hydrogen) atoms. The molecule has 0 aliphatic rings. The second-order valence-corrected chi connectivity index (χ2v) is 4.25. The zero-order valence-corrected chi connectivity index (χ0v) is 10.9. The summed E-state index contributed by atoms with van der Waals surface area (Å²) >= 11 is 0. The minimum atomic E-state index is -0.365. The largest absolute Gasteiger partial charge is 0.449 e. The Balaban J connectivity index is 1.87. The Morgan fingerprint density at radius 1 is 0.714 bits per heavy atom. The van der Waals surface area contributed by atoms with E-state index in [-0.39, 0.29) is 34.5 Å². The summed E-state index contributed by atoms with van der Waals surface area (Å²) in [5, 5.41) is 0. The van der Waals surface area contributed by atoms with E-state index in [2.05, 4.69) is 9.97 Å². The minimum absolute atomic E-state index is 0.0768.